The molecule has 0 unspecified atom stereocenters. The third-order valence-electron chi connectivity index (χ3n) is 4.46. The minimum absolute atomic E-state index is 0.228. The Morgan fingerprint density at radius 1 is 1.38 bits per heavy atom. The Hall–Kier alpha value is -1.69. The van der Waals surface area contributed by atoms with E-state index in [9.17, 15) is 9.18 Å². The molecule has 0 amide bonds. The van der Waals surface area contributed by atoms with E-state index in [2.05, 4.69) is 6.07 Å². The van der Waals surface area contributed by atoms with Crippen molar-refractivity contribution < 1.29 is 9.18 Å². The summed E-state index contributed by atoms with van der Waals surface area (Å²) in [5, 5.41) is 9.08. The molecule has 3 heteroatoms. The highest BCUT2D eigenvalue weighted by atomic mass is 19.1. The van der Waals surface area contributed by atoms with Crippen LogP contribution in [0.4, 0.5) is 4.39 Å². The van der Waals surface area contributed by atoms with Crippen LogP contribution in [-0.4, -0.2) is 5.78 Å². The van der Waals surface area contributed by atoms with Gasteiger partial charge in [0.05, 0.1) is 11.5 Å². The van der Waals surface area contributed by atoms with Crippen LogP contribution >= 0.6 is 0 Å². The molecule has 21 heavy (non-hydrogen) atoms. The summed E-state index contributed by atoms with van der Waals surface area (Å²) in [4.78, 5) is 12.0. The lowest BCUT2D eigenvalue weighted by atomic mass is 9.85. The van der Waals surface area contributed by atoms with Gasteiger partial charge in [-0.25, -0.2) is 4.39 Å². The largest absolute Gasteiger partial charge is 0.299 e. The number of carbonyl (C=O) groups excluding carboxylic acids is 1. The van der Waals surface area contributed by atoms with Crippen LogP contribution in [0.15, 0.2) is 18.2 Å². The van der Waals surface area contributed by atoms with Gasteiger partial charge in [-0.3, -0.25) is 4.79 Å². The first-order valence-electron chi connectivity index (χ1n) is 7.67. The fourth-order valence-corrected chi connectivity index (χ4v) is 3.00. The van der Waals surface area contributed by atoms with Crippen molar-refractivity contribution in [1.29, 1.82) is 5.26 Å². The molecule has 112 valence electrons. The number of benzene rings is 1. The number of rotatable bonds is 5. The predicted octanol–water partition coefficient (Wildman–Crippen LogP) is 4.32. The van der Waals surface area contributed by atoms with Gasteiger partial charge in [0, 0.05) is 17.9 Å². The van der Waals surface area contributed by atoms with Crippen molar-refractivity contribution in [3.05, 3.63) is 35.1 Å². The number of ketones is 1. The van der Waals surface area contributed by atoms with Crippen LogP contribution in [-0.2, 0) is 16.6 Å². The highest BCUT2D eigenvalue weighted by Gasteiger charge is 2.24. The molecule has 0 aliphatic heterocycles. The number of halogens is 1. The van der Waals surface area contributed by atoms with Gasteiger partial charge in [0.25, 0.3) is 0 Å². The molecule has 0 radical (unpaired) electrons. The minimum atomic E-state index is -0.831. The van der Waals surface area contributed by atoms with Crippen molar-refractivity contribution in [3.63, 3.8) is 0 Å². The normalized spacial score (nSPS) is 15.9. The van der Waals surface area contributed by atoms with E-state index in [0.717, 1.165) is 31.2 Å². The molecule has 2 rings (SSSR count). The van der Waals surface area contributed by atoms with Gasteiger partial charge in [-0.2, -0.15) is 5.26 Å². The summed E-state index contributed by atoms with van der Waals surface area (Å²) in [6.07, 6.45) is 5.42. The number of carbonyl (C=O) groups is 1. The average molecular weight is 287 g/mol. The maximum atomic E-state index is 14.1. The van der Waals surface area contributed by atoms with Gasteiger partial charge in [-0.1, -0.05) is 25.0 Å². The molecule has 1 fully saturated rings. The molecule has 1 aromatic rings. The van der Waals surface area contributed by atoms with E-state index in [1.54, 1.807) is 19.9 Å². The first-order chi connectivity index (χ1) is 9.94. The molecule has 2 nitrogen and oxygen atoms in total. The van der Waals surface area contributed by atoms with Gasteiger partial charge in [-0.05, 0) is 44.7 Å². The van der Waals surface area contributed by atoms with Crippen LogP contribution in [0, 0.1) is 23.1 Å². The van der Waals surface area contributed by atoms with E-state index >= 15 is 0 Å². The van der Waals surface area contributed by atoms with E-state index in [-0.39, 0.29) is 11.7 Å². The van der Waals surface area contributed by atoms with Gasteiger partial charge in [0.1, 0.15) is 11.6 Å². The maximum absolute atomic E-state index is 14.1. The summed E-state index contributed by atoms with van der Waals surface area (Å²) < 4.78 is 14.1. The van der Waals surface area contributed by atoms with Gasteiger partial charge in [0.2, 0.25) is 0 Å². The third kappa shape index (κ3) is 3.69. The zero-order valence-electron chi connectivity index (χ0n) is 12.8. The first kappa shape index (κ1) is 15.7. The van der Waals surface area contributed by atoms with E-state index in [1.807, 2.05) is 6.07 Å². The zero-order valence-corrected chi connectivity index (χ0v) is 12.8. The third-order valence-corrected chi connectivity index (χ3v) is 4.46. The minimum Gasteiger partial charge on any atom is -0.299 e. The Labute approximate surface area is 126 Å². The fourth-order valence-electron chi connectivity index (χ4n) is 3.00. The average Bonchev–Trinajstić information content (AvgIpc) is 2.98. The second kappa shape index (κ2) is 6.39. The second-order valence-corrected chi connectivity index (χ2v) is 6.50. The Bertz CT molecular complexity index is 565. The monoisotopic (exact) mass is 287 g/mol. The van der Waals surface area contributed by atoms with Crippen LogP contribution in [0.25, 0.3) is 0 Å². The van der Waals surface area contributed by atoms with E-state index in [4.69, 9.17) is 5.26 Å². The van der Waals surface area contributed by atoms with Crippen LogP contribution in [0.5, 0.6) is 0 Å². The van der Waals surface area contributed by atoms with Gasteiger partial charge < -0.3 is 0 Å². The lowest BCUT2D eigenvalue weighted by Crippen LogP contribution is -2.16. The zero-order chi connectivity index (χ0) is 15.5. The molecule has 1 aromatic carbocycles. The highest BCUT2D eigenvalue weighted by Crippen LogP contribution is 2.28. The summed E-state index contributed by atoms with van der Waals surface area (Å²) in [7, 11) is 0. The van der Waals surface area contributed by atoms with Crippen molar-refractivity contribution in [2.45, 2.75) is 57.8 Å². The molecule has 0 atom stereocenters. The van der Waals surface area contributed by atoms with Crippen molar-refractivity contribution in [1.82, 2.24) is 0 Å². The van der Waals surface area contributed by atoms with Crippen molar-refractivity contribution in [3.8, 4) is 6.07 Å². The molecular weight excluding hydrogens is 265 g/mol. The lowest BCUT2D eigenvalue weighted by Gasteiger charge is -2.17. The topological polar surface area (TPSA) is 40.9 Å². The van der Waals surface area contributed by atoms with Crippen molar-refractivity contribution >= 4 is 5.78 Å². The molecule has 0 aromatic heterocycles. The molecule has 1 saturated carbocycles. The van der Waals surface area contributed by atoms with Crippen LogP contribution in [0.2, 0.25) is 0 Å². The van der Waals surface area contributed by atoms with Crippen LogP contribution in [0.1, 0.15) is 57.1 Å². The van der Waals surface area contributed by atoms with Crippen LogP contribution < -0.4 is 0 Å². The summed E-state index contributed by atoms with van der Waals surface area (Å²) in [6, 6.07) is 7.09. The number of nitriles is 1. The lowest BCUT2D eigenvalue weighted by molar-refractivity contribution is -0.122. The number of nitrogens with zero attached hydrogens (tertiary/aromatic N) is 1. The molecule has 0 bridgehead atoms. The maximum Gasteiger partial charge on any atom is 0.136 e. The standard InChI is InChI=1S/C18H22FNO/c1-18(2,12-20)15-9-7-13(11-16(15)19)8-10-17(21)14-5-3-4-6-14/h7,9,11,14H,3-6,8,10H2,1-2H3. The Morgan fingerprint density at radius 2 is 2.05 bits per heavy atom. The summed E-state index contributed by atoms with van der Waals surface area (Å²) in [5.74, 6) is 0.188. The van der Waals surface area contributed by atoms with Crippen molar-refractivity contribution in [2.24, 2.45) is 5.92 Å². The molecule has 0 spiro atoms. The SMILES string of the molecule is CC(C)(C#N)c1ccc(CCC(=O)C2CCCC2)cc1F. The number of hydrogen-bond donors (Lipinski definition) is 0. The fraction of sp³-hybridized carbons (Fsp3) is 0.556. The second-order valence-electron chi connectivity index (χ2n) is 6.50. The summed E-state index contributed by atoms with van der Waals surface area (Å²) >= 11 is 0. The quantitative estimate of drug-likeness (QED) is 0.809. The van der Waals surface area contributed by atoms with Crippen molar-refractivity contribution in [2.75, 3.05) is 0 Å². The number of hydrogen-bond acceptors (Lipinski definition) is 2. The number of Topliss-reactive ketones (excluding diaryl/α,β-unsaturated/α-hetero) is 1. The molecule has 0 heterocycles. The smallest absolute Gasteiger partial charge is 0.136 e. The Balaban J connectivity index is 2.01. The molecule has 0 saturated heterocycles. The van der Waals surface area contributed by atoms with E-state index in [1.165, 1.54) is 6.07 Å². The molecule has 1 aliphatic carbocycles. The first-order valence-corrected chi connectivity index (χ1v) is 7.67. The highest BCUT2D eigenvalue weighted by molar-refractivity contribution is 5.81. The van der Waals surface area contributed by atoms with Gasteiger partial charge >= 0.3 is 0 Å². The predicted molar refractivity (Wildman–Crippen MR) is 80.3 cm³/mol. The van der Waals surface area contributed by atoms with E-state index < -0.39 is 5.41 Å². The Kier molecular flexibility index (Phi) is 4.77. The molecular formula is C18H22FNO. The van der Waals surface area contributed by atoms with E-state index in [0.29, 0.717) is 24.2 Å². The Morgan fingerprint density at radius 3 is 2.62 bits per heavy atom. The van der Waals surface area contributed by atoms with Gasteiger partial charge in [-0.15, -0.1) is 0 Å². The number of aryl methyl sites for hydroxylation is 1. The summed E-state index contributed by atoms with van der Waals surface area (Å²) in [5.41, 5.74) is 0.412. The van der Waals surface area contributed by atoms with Gasteiger partial charge in [0.15, 0.2) is 0 Å². The molecule has 0 N–H and O–H groups in total. The van der Waals surface area contributed by atoms with Crippen LogP contribution in [0.3, 0.4) is 0 Å². The molecule has 1 aliphatic rings. The summed E-state index contributed by atoms with van der Waals surface area (Å²) in [6.45, 7) is 3.41.